The molecule has 0 spiro atoms. The lowest BCUT2D eigenvalue weighted by Gasteiger charge is -2.18. The maximum absolute atomic E-state index is 5.78. The number of nitrogens with two attached hydrogens (primary N) is 1. The van der Waals surface area contributed by atoms with Crippen LogP contribution in [0.4, 0.5) is 0 Å². The number of ether oxygens (including phenoxy) is 1. The molecule has 16 heavy (non-hydrogen) atoms. The molecule has 0 saturated carbocycles. The van der Waals surface area contributed by atoms with Crippen LogP contribution in [0.2, 0.25) is 0 Å². The number of aryl methyl sites for hydroxylation is 1. The minimum atomic E-state index is -0.228. The highest BCUT2D eigenvalue weighted by Gasteiger charge is 2.12. The van der Waals surface area contributed by atoms with Gasteiger partial charge in [0.25, 0.3) is 0 Å². The molecule has 3 heteroatoms. The third kappa shape index (κ3) is 3.20. The quantitative estimate of drug-likeness (QED) is 0.817. The number of rotatable bonds is 4. The first-order valence-corrected chi connectivity index (χ1v) is 5.89. The van der Waals surface area contributed by atoms with E-state index in [0.717, 1.165) is 5.75 Å². The molecule has 0 aliphatic rings. The van der Waals surface area contributed by atoms with E-state index in [4.69, 9.17) is 22.7 Å². The van der Waals surface area contributed by atoms with Crippen LogP contribution in [0.1, 0.15) is 37.8 Å². The van der Waals surface area contributed by atoms with Crippen LogP contribution in [0, 0.1) is 6.92 Å². The van der Waals surface area contributed by atoms with Crippen molar-refractivity contribution in [3.05, 3.63) is 29.3 Å². The molecule has 1 aromatic rings. The lowest BCUT2D eigenvalue weighted by Crippen LogP contribution is -2.29. The van der Waals surface area contributed by atoms with Crippen molar-refractivity contribution in [2.45, 2.75) is 39.7 Å². The molecule has 0 amide bonds. The van der Waals surface area contributed by atoms with Gasteiger partial charge in [-0.3, -0.25) is 0 Å². The summed E-state index contributed by atoms with van der Waals surface area (Å²) in [5.41, 5.74) is 7.92. The first kappa shape index (κ1) is 13.0. The van der Waals surface area contributed by atoms with E-state index >= 15 is 0 Å². The molecule has 0 radical (unpaired) electrons. The van der Waals surface area contributed by atoms with Crippen molar-refractivity contribution in [3.63, 3.8) is 0 Å². The topological polar surface area (TPSA) is 35.2 Å². The van der Waals surface area contributed by atoms with Gasteiger partial charge in [0.2, 0.25) is 0 Å². The highest BCUT2D eigenvalue weighted by atomic mass is 32.1. The minimum absolute atomic E-state index is 0.228. The summed E-state index contributed by atoms with van der Waals surface area (Å²) >= 11 is 4.91. The Labute approximate surface area is 103 Å². The fraction of sp³-hybridized carbons (Fsp3) is 0.462. The van der Waals surface area contributed by atoms with E-state index in [1.807, 2.05) is 19.9 Å². The van der Waals surface area contributed by atoms with Crippen molar-refractivity contribution in [2.24, 2.45) is 5.73 Å². The van der Waals surface area contributed by atoms with Gasteiger partial charge in [0.05, 0.1) is 0 Å². The molecule has 0 aromatic heterocycles. The Bertz CT molecular complexity index is 388. The Balaban J connectivity index is 3.01. The van der Waals surface area contributed by atoms with Gasteiger partial charge in [-0.2, -0.15) is 0 Å². The van der Waals surface area contributed by atoms with Crippen molar-refractivity contribution in [1.29, 1.82) is 0 Å². The largest absolute Gasteiger partial charge is 0.483 e. The molecule has 88 valence electrons. The van der Waals surface area contributed by atoms with Gasteiger partial charge in [0.1, 0.15) is 16.8 Å². The SMILES string of the molecule is Cc1ccc(C(C)C)c(OC(C)C(N)=S)c1. The maximum Gasteiger partial charge on any atom is 0.145 e. The molecule has 1 rings (SSSR count). The zero-order valence-electron chi connectivity index (χ0n) is 10.3. The number of hydrogen-bond donors (Lipinski definition) is 1. The van der Waals surface area contributed by atoms with Gasteiger partial charge in [-0.25, -0.2) is 0 Å². The van der Waals surface area contributed by atoms with Crippen LogP contribution in [-0.2, 0) is 0 Å². The van der Waals surface area contributed by atoms with Crippen LogP contribution in [-0.4, -0.2) is 11.1 Å². The van der Waals surface area contributed by atoms with E-state index in [2.05, 4.69) is 26.0 Å². The molecule has 1 aromatic carbocycles. The summed E-state index contributed by atoms with van der Waals surface area (Å²) in [7, 11) is 0. The zero-order chi connectivity index (χ0) is 12.3. The van der Waals surface area contributed by atoms with Crippen LogP contribution in [0.3, 0.4) is 0 Å². The van der Waals surface area contributed by atoms with Gasteiger partial charge in [-0.05, 0) is 37.0 Å². The lowest BCUT2D eigenvalue weighted by atomic mass is 10.0. The molecule has 0 aliphatic heterocycles. The zero-order valence-corrected chi connectivity index (χ0v) is 11.1. The predicted octanol–water partition coefficient (Wildman–Crippen LogP) is 3.17. The van der Waals surface area contributed by atoms with Crippen molar-refractivity contribution < 1.29 is 4.74 Å². The predicted molar refractivity (Wildman–Crippen MR) is 72.1 cm³/mol. The smallest absolute Gasteiger partial charge is 0.145 e. The number of hydrogen-bond acceptors (Lipinski definition) is 2. The average Bonchev–Trinajstić information content (AvgIpc) is 2.16. The average molecular weight is 237 g/mol. The van der Waals surface area contributed by atoms with Gasteiger partial charge in [0.15, 0.2) is 0 Å². The Hall–Kier alpha value is -1.09. The van der Waals surface area contributed by atoms with E-state index in [0.29, 0.717) is 10.9 Å². The van der Waals surface area contributed by atoms with Crippen LogP contribution < -0.4 is 10.5 Å². The van der Waals surface area contributed by atoms with Crippen molar-refractivity contribution in [1.82, 2.24) is 0 Å². The molecule has 0 saturated heterocycles. The monoisotopic (exact) mass is 237 g/mol. The highest BCUT2D eigenvalue weighted by Crippen LogP contribution is 2.28. The summed E-state index contributed by atoms with van der Waals surface area (Å²) in [5.74, 6) is 1.31. The summed E-state index contributed by atoms with van der Waals surface area (Å²) in [5, 5.41) is 0. The summed E-state index contributed by atoms with van der Waals surface area (Å²) in [6.07, 6.45) is -0.228. The molecular formula is C13H19NOS. The third-order valence-corrected chi connectivity index (χ3v) is 2.83. The van der Waals surface area contributed by atoms with E-state index < -0.39 is 0 Å². The fourth-order valence-electron chi connectivity index (χ4n) is 1.47. The summed E-state index contributed by atoms with van der Waals surface area (Å²) < 4.78 is 5.78. The van der Waals surface area contributed by atoms with Crippen molar-refractivity contribution >= 4 is 17.2 Å². The summed E-state index contributed by atoms with van der Waals surface area (Å²) in [6, 6.07) is 6.22. The van der Waals surface area contributed by atoms with Crippen LogP contribution in [0.25, 0.3) is 0 Å². The molecule has 0 fully saturated rings. The molecule has 0 heterocycles. The summed E-state index contributed by atoms with van der Waals surface area (Å²) in [6.45, 7) is 8.20. The van der Waals surface area contributed by atoms with Crippen LogP contribution >= 0.6 is 12.2 Å². The fourth-order valence-corrected chi connectivity index (χ4v) is 1.52. The van der Waals surface area contributed by atoms with Gasteiger partial charge < -0.3 is 10.5 Å². The molecule has 1 atom stereocenters. The Morgan fingerprint density at radius 3 is 2.44 bits per heavy atom. The van der Waals surface area contributed by atoms with Crippen LogP contribution in [0.15, 0.2) is 18.2 Å². The first-order chi connectivity index (χ1) is 7.41. The van der Waals surface area contributed by atoms with E-state index in [1.54, 1.807) is 0 Å². The molecule has 0 bridgehead atoms. The van der Waals surface area contributed by atoms with Gasteiger partial charge in [0, 0.05) is 0 Å². The molecule has 2 N–H and O–H groups in total. The second-order valence-electron chi connectivity index (χ2n) is 4.36. The highest BCUT2D eigenvalue weighted by molar-refractivity contribution is 7.80. The van der Waals surface area contributed by atoms with Crippen molar-refractivity contribution in [3.8, 4) is 5.75 Å². The van der Waals surface area contributed by atoms with E-state index in [1.165, 1.54) is 11.1 Å². The minimum Gasteiger partial charge on any atom is -0.483 e. The number of benzene rings is 1. The standard InChI is InChI=1S/C13H19NOS/c1-8(2)11-6-5-9(3)7-12(11)15-10(4)13(14)16/h5-8,10H,1-4H3,(H2,14,16). The first-order valence-electron chi connectivity index (χ1n) is 5.48. The van der Waals surface area contributed by atoms with Crippen LogP contribution in [0.5, 0.6) is 5.75 Å². The number of thiocarbonyl (C=S) groups is 1. The van der Waals surface area contributed by atoms with Gasteiger partial charge in [-0.1, -0.05) is 38.2 Å². The Morgan fingerprint density at radius 2 is 1.94 bits per heavy atom. The van der Waals surface area contributed by atoms with E-state index in [9.17, 15) is 0 Å². The second kappa shape index (κ2) is 5.30. The lowest BCUT2D eigenvalue weighted by molar-refractivity contribution is 0.284. The maximum atomic E-state index is 5.78. The molecule has 2 nitrogen and oxygen atoms in total. The molecule has 1 unspecified atom stereocenters. The molecular weight excluding hydrogens is 218 g/mol. The molecule has 0 aliphatic carbocycles. The normalized spacial score (nSPS) is 12.6. The van der Waals surface area contributed by atoms with Crippen molar-refractivity contribution in [2.75, 3.05) is 0 Å². The Kier molecular flexibility index (Phi) is 4.30. The third-order valence-electron chi connectivity index (χ3n) is 2.50. The summed E-state index contributed by atoms with van der Waals surface area (Å²) in [4.78, 5) is 0.385. The van der Waals surface area contributed by atoms with Gasteiger partial charge in [-0.15, -0.1) is 0 Å². The van der Waals surface area contributed by atoms with E-state index in [-0.39, 0.29) is 6.10 Å². The Morgan fingerprint density at radius 1 is 1.31 bits per heavy atom. The second-order valence-corrected chi connectivity index (χ2v) is 4.83. The van der Waals surface area contributed by atoms with Gasteiger partial charge >= 0.3 is 0 Å².